The number of hydrogen-bond donors (Lipinski definition) is 1. The Hall–Kier alpha value is -2.35. The molecule has 0 saturated heterocycles. The minimum absolute atomic E-state index is 0.0997. The van der Waals surface area contributed by atoms with E-state index in [1.807, 2.05) is 48.6 Å². The number of phenols is 1. The van der Waals surface area contributed by atoms with Gasteiger partial charge in [0.15, 0.2) is 0 Å². The lowest BCUT2D eigenvalue weighted by atomic mass is 9.81. The first-order chi connectivity index (χ1) is 9.59. The summed E-state index contributed by atoms with van der Waals surface area (Å²) in [4.78, 5) is 4.70. The summed E-state index contributed by atoms with van der Waals surface area (Å²) in [5.74, 6) is 0.290. The molecule has 2 aromatic rings. The second-order valence-corrected chi connectivity index (χ2v) is 5.53. The summed E-state index contributed by atoms with van der Waals surface area (Å²) in [5.41, 5.74) is 4.01. The molecule has 1 aliphatic heterocycles. The summed E-state index contributed by atoms with van der Waals surface area (Å²) >= 11 is 0. The van der Waals surface area contributed by atoms with Crippen LogP contribution in [0, 0.1) is 0 Å². The minimum Gasteiger partial charge on any atom is -0.507 e. The molecular weight excluding hydrogens is 246 g/mol. The predicted molar refractivity (Wildman–Crippen MR) is 83.7 cm³/mol. The van der Waals surface area contributed by atoms with Crippen molar-refractivity contribution >= 4 is 17.5 Å². The van der Waals surface area contributed by atoms with Crippen LogP contribution in [0.15, 0.2) is 59.6 Å². The van der Waals surface area contributed by atoms with Crippen molar-refractivity contribution in [2.45, 2.75) is 19.3 Å². The number of benzene rings is 2. The first-order valence-corrected chi connectivity index (χ1v) is 6.74. The lowest BCUT2D eigenvalue weighted by molar-refractivity contribution is 0.474. The van der Waals surface area contributed by atoms with E-state index < -0.39 is 0 Å². The van der Waals surface area contributed by atoms with Gasteiger partial charge in [-0.1, -0.05) is 50.2 Å². The molecule has 100 valence electrons. The summed E-state index contributed by atoms with van der Waals surface area (Å²) in [7, 11) is 0. The zero-order valence-corrected chi connectivity index (χ0v) is 11.7. The first kappa shape index (κ1) is 12.7. The number of phenolic OH excluding ortho intramolecular Hbond substituents is 1. The SMILES string of the molecule is CC1(C)C(/C=C/c2ccccc2O)=Nc2ccccc21. The average Bonchev–Trinajstić information content (AvgIpc) is 2.70. The number of allylic oxidation sites excluding steroid dienone is 1. The Balaban J connectivity index is 1.96. The van der Waals surface area contributed by atoms with Gasteiger partial charge < -0.3 is 5.11 Å². The fourth-order valence-corrected chi connectivity index (χ4v) is 2.55. The molecule has 3 rings (SSSR count). The number of aromatic hydroxyl groups is 1. The normalized spacial score (nSPS) is 16.2. The number of nitrogens with zero attached hydrogens (tertiary/aromatic N) is 1. The maximum atomic E-state index is 9.80. The zero-order chi connectivity index (χ0) is 14.2. The van der Waals surface area contributed by atoms with E-state index in [1.165, 1.54) is 5.56 Å². The van der Waals surface area contributed by atoms with E-state index in [2.05, 4.69) is 19.9 Å². The van der Waals surface area contributed by atoms with Crippen LogP contribution in [0.5, 0.6) is 5.75 Å². The van der Waals surface area contributed by atoms with E-state index in [4.69, 9.17) is 4.99 Å². The molecule has 0 amide bonds. The fraction of sp³-hybridized carbons (Fsp3) is 0.167. The largest absolute Gasteiger partial charge is 0.507 e. The van der Waals surface area contributed by atoms with Gasteiger partial charge in [-0.15, -0.1) is 0 Å². The Morgan fingerprint density at radius 3 is 2.40 bits per heavy atom. The molecule has 2 aromatic carbocycles. The van der Waals surface area contributed by atoms with Crippen molar-refractivity contribution in [1.29, 1.82) is 0 Å². The monoisotopic (exact) mass is 263 g/mol. The number of aliphatic imine (C=N–C) groups is 1. The number of rotatable bonds is 2. The number of para-hydroxylation sites is 2. The van der Waals surface area contributed by atoms with Crippen molar-refractivity contribution in [3.8, 4) is 5.75 Å². The molecule has 0 atom stereocenters. The van der Waals surface area contributed by atoms with Crippen molar-refractivity contribution in [3.63, 3.8) is 0 Å². The van der Waals surface area contributed by atoms with Crippen LogP contribution in [0.3, 0.4) is 0 Å². The van der Waals surface area contributed by atoms with Gasteiger partial charge in [0, 0.05) is 11.0 Å². The minimum atomic E-state index is -0.0997. The van der Waals surface area contributed by atoms with E-state index in [0.717, 1.165) is 17.0 Å². The summed E-state index contributed by atoms with van der Waals surface area (Å²) in [6, 6.07) is 15.5. The highest BCUT2D eigenvalue weighted by atomic mass is 16.3. The van der Waals surface area contributed by atoms with Crippen molar-refractivity contribution < 1.29 is 5.11 Å². The Morgan fingerprint density at radius 2 is 1.65 bits per heavy atom. The van der Waals surface area contributed by atoms with Crippen LogP contribution < -0.4 is 0 Å². The second-order valence-electron chi connectivity index (χ2n) is 5.53. The number of fused-ring (bicyclic) bond motifs is 1. The van der Waals surface area contributed by atoms with E-state index in [1.54, 1.807) is 6.07 Å². The van der Waals surface area contributed by atoms with Gasteiger partial charge >= 0.3 is 0 Å². The molecule has 1 N–H and O–H groups in total. The molecular formula is C18H17NO. The van der Waals surface area contributed by atoms with Crippen LogP contribution in [0.2, 0.25) is 0 Å². The van der Waals surface area contributed by atoms with E-state index >= 15 is 0 Å². The molecule has 2 heteroatoms. The maximum absolute atomic E-state index is 9.80. The van der Waals surface area contributed by atoms with Gasteiger partial charge in [-0.25, -0.2) is 0 Å². The Labute approximate surface area is 119 Å². The molecule has 0 aromatic heterocycles. The van der Waals surface area contributed by atoms with Crippen LogP contribution in [-0.4, -0.2) is 10.8 Å². The van der Waals surface area contributed by atoms with Gasteiger partial charge in [-0.05, 0) is 29.8 Å². The molecule has 1 heterocycles. The number of hydrogen-bond acceptors (Lipinski definition) is 2. The van der Waals surface area contributed by atoms with Crippen molar-refractivity contribution in [1.82, 2.24) is 0 Å². The average molecular weight is 263 g/mol. The standard InChI is InChI=1S/C18H17NO/c1-18(2)14-8-4-5-9-15(14)19-17(18)12-11-13-7-3-6-10-16(13)20/h3-12,20H,1-2H3/b12-11+. The van der Waals surface area contributed by atoms with Gasteiger partial charge in [0.2, 0.25) is 0 Å². The summed E-state index contributed by atoms with van der Waals surface area (Å²) in [6.07, 6.45) is 3.91. The lowest BCUT2D eigenvalue weighted by Crippen LogP contribution is -2.23. The van der Waals surface area contributed by atoms with Gasteiger partial charge in [-0.2, -0.15) is 0 Å². The molecule has 0 fully saturated rings. The molecule has 0 radical (unpaired) electrons. The Kier molecular flexibility index (Phi) is 2.94. The smallest absolute Gasteiger partial charge is 0.122 e. The third-order valence-corrected chi connectivity index (χ3v) is 3.82. The predicted octanol–water partition coefficient (Wildman–Crippen LogP) is 4.47. The zero-order valence-electron chi connectivity index (χ0n) is 11.7. The fourth-order valence-electron chi connectivity index (χ4n) is 2.55. The molecule has 0 bridgehead atoms. The molecule has 2 nitrogen and oxygen atoms in total. The van der Waals surface area contributed by atoms with Crippen molar-refractivity contribution in [2.75, 3.05) is 0 Å². The summed E-state index contributed by atoms with van der Waals surface area (Å²) < 4.78 is 0. The van der Waals surface area contributed by atoms with Gasteiger partial charge in [0.05, 0.1) is 11.4 Å². The second kappa shape index (κ2) is 4.64. The first-order valence-electron chi connectivity index (χ1n) is 6.74. The van der Waals surface area contributed by atoms with Gasteiger partial charge in [0.25, 0.3) is 0 Å². The summed E-state index contributed by atoms with van der Waals surface area (Å²) in [5, 5.41) is 9.80. The van der Waals surface area contributed by atoms with E-state index in [9.17, 15) is 5.11 Å². The van der Waals surface area contributed by atoms with Crippen molar-refractivity contribution in [3.05, 3.63) is 65.7 Å². The molecule has 0 saturated carbocycles. The summed E-state index contributed by atoms with van der Waals surface area (Å²) in [6.45, 7) is 4.35. The van der Waals surface area contributed by atoms with Gasteiger partial charge in [-0.3, -0.25) is 4.99 Å². The molecule has 20 heavy (non-hydrogen) atoms. The molecule has 0 aliphatic carbocycles. The van der Waals surface area contributed by atoms with Gasteiger partial charge in [0.1, 0.15) is 5.75 Å². The highest BCUT2D eigenvalue weighted by molar-refractivity contribution is 6.10. The quantitative estimate of drug-likeness (QED) is 0.852. The van der Waals surface area contributed by atoms with Crippen LogP contribution in [0.25, 0.3) is 6.08 Å². The third kappa shape index (κ3) is 2.03. The topological polar surface area (TPSA) is 32.6 Å². The Bertz CT molecular complexity index is 711. The lowest BCUT2D eigenvalue weighted by Gasteiger charge is -2.20. The molecule has 1 aliphatic rings. The highest BCUT2D eigenvalue weighted by Crippen LogP contribution is 2.40. The van der Waals surface area contributed by atoms with E-state index in [0.29, 0.717) is 0 Å². The molecule has 0 spiro atoms. The maximum Gasteiger partial charge on any atom is 0.122 e. The van der Waals surface area contributed by atoms with Crippen molar-refractivity contribution in [2.24, 2.45) is 4.99 Å². The highest BCUT2D eigenvalue weighted by Gasteiger charge is 2.32. The van der Waals surface area contributed by atoms with E-state index in [-0.39, 0.29) is 11.2 Å². The van der Waals surface area contributed by atoms with Crippen LogP contribution in [-0.2, 0) is 5.41 Å². The molecule has 0 unspecified atom stereocenters. The Morgan fingerprint density at radius 1 is 0.950 bits per heavy atom. The van der Waals surface area contributed by atoms with Crippen LogP contribution >= 0.6 is 0 Å². The van der Waals surface area contributed by atoms with Crippen LogP contribution in [0.4, 0.5) is 5.69 Å². The third-order valence-electron chi connectivity index (χ3n) is 3.82. The van der Waals surface area contributed by atoms with Crippen LogP contribution in [0.1, 0.15) is 25.0 Å².